The van der Waals surface area contributed by atoms with E-state index in [9.17, 15) is 9.59 Å². The van der Waals surface area contributed by atoms with Crippen molar-refractivity contribution in [3.8, 4) is 0 Å². The molecule has 0 aromatic carbocycles. The van der Waals surface area contributed by atoms with E-state index in [1.807, 2.05) is 6.92 Å². The number of amides is 2. The second-order valence-electron chi connectivity index (χ2n) is 4.35. The molecule has 1 aromatic heterocycles. The van der Waals surface area contributed by atoms with Crippen molar-refractivity contribution in [2.24, 2.45) is 7.05 Å². The number of rotatable bonds is 3. The zero-order valence-corrected chi connectivity index (χ0v) is 11.0. The number of hydrogen-bond acceptors (Lipinski definition) is 4. The fourth-order valence-corrected chi connectivity index (χ4v) is 2.21. The Morgan fingerprint density at radius 2 is 2.28 bits per heavy atom. The van der Waals surface area contributed by atoms with Crippen LogP contribution in [0.15, 0.2) is 0 Å². The van der Waals surface area contributed by atoms with Crippen LogP contribution in [0.5, 0.6) is 0 Å². The average molecular weight is 271 g/mol. The molecule has 2 N–H and O–H groups in total. The van der Waals surface area contributed by atoms with Gasteiger partial charge in [-0.3, -0.25) is 19.6 Å². The van der Waals surface area contributed by atoms with Crippen molar-refractivity contribution >= 4 is 23.4 Å². The van der Waals surface area contributed by atoms with Gasteiger partial charge in [-0.2, -0.15) is 5.10 Å². The van der Waals surface area contributed by atoms with Crippen LogP contribution in [0.1, 0.15) is 24.2 Å². The Morgan fingerprint density at radius 3 is 2.83 bits per heavy atom. The Kier molecular flexibility index (Phi) is 3.68. The Bertz CT molecular complexity index is 497. The van der Waals surface area contributed by atoms with E-state index in [0.717, 1.165) is 11.4 Å². The highest BCUT2D eigenvalue weighted by Gasteiger charge is 2.26. The zero-order chi connectivity index (χ0) is 13.3. The molecule has 1 aromatic rings. The number of piperidine rings is 1. The highest BCUT2D eigenvalue weighted by Crippen LogP contribution is 2.19. The van der Waals surface area contributed by atoms with E-state index < -0.39 is 0 Å². The SMILES string of the molecule is Cc1nn(C)c(CNC2CCC(=O)NC2=O)c1Cl. The van der Waals surface area contributed by atoms with Crippen molar-refractivity contribution in [3.63, 3.8) is 0 Å². The van der Waals surface area contributed by atoms with E-state index in [4.69, 9.17) is 11.6 Å². The van der Waals surface area contributed by atoms with Crippen LogP contribution in [0.2, 0.25) is 5.02 Å². The lowest BCUT2D eigenvalue weighted by Crippen LogP contribution is -2.50. The van der Waals surface area contributed by atoms with Gasteiger partial charge >= 0.3 is 0 Å². The number of aromatic nitrogens is 2. The van der Waals surface area contributed by atoms with Crippen molar-refractivity contribution in [1.82, 2.24) is 20.4 Å². The molecule has 2 amide bonds. The molecule has 1 aliphatic rings. The predicted molar refractivity (Wildman–Crippen MR) is 66.0 cm³/mol. The summed E-state index contributed by atoms with van der Waals surface area (Å²) >= 11 is 6.11. The third-order valence-corrected chi connectivity index (χ3v) is 3.51. The van der Waals surface area contributed by atoms with Crippen LogP contribution in [0.3, 0.4) is 0 Å². The topological polar surface area (TPSA) is 76.0 Å². The lowest BCUT2D eigenvalue weighted by Gasteiger charge is -2.21. The minimum Gasteiger partial charge on any atom is -0.300 e. The maximum absolute atomic E-state index is 11.6. The highest BCUT2D eigenvalue weighted by molar-refractivity contribution is 6.31. The molecule has 1 unspecified atom stereocenters. The van der Waals surface area contributed by atoms with Crippen molar-refractivity contribution in [2.45, 2.75) is 32.4 Å². The molecule has 1 aliphatic heterocycles. The van der Waals surface area contributed by atoms with Crippen LogP contribution < -0.4 is 10.6 Å². The largest absolute Gasteiger partial charge is 0.300 e. The van der Waals surface area contributed by atoms with Gasteiger partial charge in [0.1, 0.15) is 0 Å². The van der Waals surface area contributed by atoms with Gasteiger partial charge in [0.2, 0.25) is 11.8 Å². The third kappa shape index (κ3) is 2.54. The van der Waals surface area contributed by atoms with Crippen LogP contribution in [-0.4, -0.2) is 27.6 Å². The molecular formula is C11H15ClN4O2. The summed E-state index contributed by atoms with van der Waals surface area (Å²) in [6, 6.07) is -0.353. The number of aryl methyl sites for hydroxylation is 2. The Balaban J connectivity index is 1.99. The van der Waals surface area contributed by atoms with Crippen molar-refractivity contribution in [1.29, 1.82) is 0 Å². The molecule has 2 heterocycles. The van der Waals surface area contributed by atoms with Crippen molar-refractivity contribution < 1.29 is 9.59 Å². The monoisotopic (exact) mass is 270 g/mol. The number of hydrogen-bond donors (Lipinski definition) is 2. The zero-order valence-electron chi connectivity index (χ0n) is 10.3. The first kappa shape index (κ1) is 13.0. The van der Waals surface area contributed by atoms with E-state index >= 15 is 0 Å². The molecule has 0 radical (unpaired) electrons. The molecule has 0 spiro atoms. The van der Waals surface area contributed by atoms with E-state index in [0.29, 0.717) is 24.4 Å². The third-order valence-electron chi connectivity index (χ3n) is 3.02. The van der Waals surface area contributed by atoms with Gasteiger partial charge in [-0.05, 0) is 13.3 Å². The van der Waals surface area contributed by atoms with E-state index in [2.05, 4.69) is 15.7 Å². The molecule has 18 heavy (non-hydrogen) atoms. The second-order valence-corrected chi connectivity index (χ2v) is 4.73. The van der Waals surface area contributed by atoms with Crippen LogP contribution in [0.25, 0.3) is 0 Å². The summed E-state index contributed by atoms with van der Waals surface area (Å²) in [5, 5.41) is 10.2. The van der Waals surface area contributed by atoms with Gasteiger partial charge in [0, 0.05) is 20.0 Å². The quantitative estimate of drug-likeness (QED) is 0.774. The van der Waals surface area contributed by atoms with Crippen molar-refractivity contribution in [3.05, 3.63) is 16.4 Å². The summed E-state index contributed by atoms with van der Waals surface area (Å²) in [7, 11) is 1.81. The fraction of sp³-hybridized carbons (Fsp3) is 0.545. The van der Waals surface area contributed by atoms with Crippen LogP contribution >= 0.6 is 11.6 Å². The summed E-state index contributed by atoms with van der Waals surface area (Å²) in [5.41, 5.74) is 1.60. The van der Waals surface area contributed by atoms with E-state index in [-0.39, 0.29) is 17.9 Å². The lowest BCUT2D eigenvalue weighted by molar-refractivity contribution is -0.134. The first-order valence-corrected chi connectivity index (χ1v) is 6.12. The van der Waals surface area contributed by atoms with Gasteiger partial charge in [0.15, 0.2) is 0 Å². The predicted octanol–water partition coefficient (Wildman–Crippen LogP) is 0.277. The molecule has 6 nitrogen and oxygen atoms in total. The van der Waals surface area contributed by atoms with Crippen molar-refractivity contribution in [2.75, 3.05) is 0 Å². The summed E-state index contributed by atoms with van der Waals surface area (Å²) in [6.45, 7) is 2.28. The van der Waals surface area contributed by atoms with Gasteiger partial charge in [-0.1, -0.05) is 11.6 Å². The Labute approximate surface area is 110 Å². The normalized spacial score (nSPS) is 20.1. The molecule has 1 atom stereocenters. The Hall–Kier alpha value is -1.40. The number of nitrogens with one attached hydrogen (secondary N) is 2. The minimum absolute atomic E-state index is 0.215. The minimum atomic E-state index is -0.353. The number of nitrogens with zero attached hydrogens (tertiary/aromatic N) is 2. The first-order chi connectivity index (χ1) is 8.49. The number of carbonyl (C=O) groups is 2. The van der Waals surface area contributed by atoms with E-state index in [1.165, 1.54) is 0 Å². The first-order valence-electron chi connectivity index (χ1n) is 5.74. The number of carbonyl (C=O) groups excluding carboxylic acids is 2. The number of imide groups is 1. The highest BCUT2D eigenvalue weighted by atomic mass is 35.5. The van der Waals surface area contributed by atoms with Gasteiger partial charge in [0.05, 0.1) is 22.5 Å². The molecule has 1 fully saturated rings. The summed E-state index contributed by atoms with van der Waals surface area (Å²) < 4.78 is 1.69. The average Bonchev–Trinajstić information content (AvgIpc) is 2.53. The lowest BCUT2D eigenvalue weighted by atomic mass is 10.1. The maximum Gasteiger partial charge on any atom is 0.243 e. The van der Waals surface area contributed by atoms with Gasteiger partial charge in [-0.15, -0.1) is 0 Å². The standard InChI is InChI=1S/C11H15ClN4O2/c1-6-10(12)8(16(2)15-6)5-13-7-3-4-9(17)14-11(7)18/h7,13H,3-5H2,1-2H3,(H,14,17,18). The number of halogens is 1. The smallest absolute Gasteiger partial charge is 0.243 e. The fourth-order valence-electron chi connectivity index (χ4n) is 1.98. The molecule has 2 rings (SSSR count). The van der Waals surface area contributed by atoms with Crippen LogP contribution in [0, 0.1) is 6.92 Å². The molecule has 7 heteroatoms. The molecule has 98 valence electrons. The summed E-state index contributed by atoms with van der Waals surface area (Å²) in [6.07, 6.45) is 0.876. The van der Waals surface area contributed by atoms with Crippen LogP contribution in [-0.2, 0) is 23.2 Å². The summed E-state index contributed by atoms with van der Waals surface area (Å²) in [4.78, 5) is 22.6. The molecular weight excluding hydrogens is 256 g/mol. The van der Waals surface area contributed by atoms with Gasteiger partial charge < -0.3 is 5.32 Å². The van der Waals surface area contributed by atoms with E-state index in [1.54, 1.807) is 11.7 Å². The maximum atomic E-state index is 11.6. The molecule has 0 bridgehead atoms. The second kappa shape index (κ2) is 5.07. The van der Waals surface area contributed by atoms with Gasteiger partial charge in [0.25, 0.3) is 0 Å². The molecule has 0 saturated carbocycles. The molecule has 0 aliphatic carbocycles. The Morgan fingerprint density at radius 1 is 1.56 bits per heavy atom. The van der Waals surface area contributed by atoms with Crippen LogP contribution in [0.4, 0.5) is 0 Å². The summed E-state index contributed by atoms with van der Waals surface area (Å²) in [5.74, 6) is -0.492. The van der Waals surface area contributed by atoms with Gasteiger partial charge in [-0.25, -0.2) is 0 Å². The molecule has 1 saturated heterocycles.